The predicted molar refractivity (Wildman–Crippen MR) is 201 cm³/mol. The van der Waals surface area contributed by atoms with Crippen LogP contribution in [0.5, 0.6) is 0 Å². The summed E-state index contributed by atoms with van der Waals surface area (Å²) in [4.78, 5) is 21.0. The number of piperidine rings is 1. The number of nitrogens with zero attached hydrogens (tertiary/aromatic N) is 5. The lowest BCUT2D eigenvalue weighted by Gasteiger charge is -2.32. The van der Waals surface area contributed by atoms with Gasteiger partial charge in [0.05, 0.1) is 33.0 Å². The van der Waals surface area contributed by atoms with E-state index in [4.69, 9.17) is 33.2 Å². The van der Waals surface area contributed by atoms with Crippen molar-refractivity contribution < 1.29 is 17.2 Å². The number of aryl methyl sites for hydroxylation is 2. The zero-order chi connectivity index (χ0) is 34.8. The normalized spacial score (nSPS) is 17.8. The third-order valence-electron chi connectivity index (χ3n) is 8.63. The van der Waals surface area contributed by atoms with Crippen LogP contribution in [0.2, 0.25) is 10.3 Å². The van der Waals surface area contributed by atoms with E-state index in [0.717, 1.165) is 36.6 Å². The van der Waals surface area contributed by atoms with E-state index in [-0.39, 0.29) is 24.3 Å². The summed E-state index contributed by atoms with van der Waals surface area (Å²) in [7, 11) is -2.28. The summed E-state index contributed by atoms with van der Waals surface area (Å²) in [6.07, 6.45) is 3.28. The van der Waals surface area contributed by atoms with Crippen molar-refractivity contribution in [1.29, 1.82) is 0 Å². The van der Waals surface area contributed by atoms with Crippen LogP contribution in [0, 0.1) is 11.6 Å². The third-order valence-corrected chi connectivity index (χ3v) is 12.0. The first-order valence-electron chi connectivity index (χ1n) is 16.0. The molecule has 15 heteroatoms. The Morgan fingerprint density at radius 3 is 1.78 bits per heavy atom. The van der Waals surface area contributed by atoms with Crippen LogP contribution in [-0.2, 0) is 34.4 Å². The highest BCUT2D eigenvalue weighted by molar-refractivity contribution is 7.85. The van der Waals surface area contributed by atoms with E-state index in [1.807, 2.05) is 12.1 Å². The fraction of sp³-hybridized carbons (Fsp3) is 0.278. The molecule has 51 heavy (non-hydrogen) atoms. The Bertz CT molecular complexity index is 2100. The smallest absolute Gasteiger partial charge is 0.227 e. The van der Waals surface area contributed by atoms with Crippen LogP contribution in [-0.4, -0.2) is 52.9 Å². The summed E-state index contributed by atoms with van der Waals surface area (Å²) in [6, 6.07) is 20.3. The number of rotatable bonds is 6. The number of halogens is 4. The number of fused-ring (bicyclic) bond motifs is 2. The number of anilines is 5. The summed E-state index contributed by atoms with van der Waals surface area (Å²) >= 11 is 11.9. The van der Waals surface area contributed by atoms with Crippen molar-refractivity contribution in [3.05, 3.63) is 112 Å². The van der Waals surface area contributed by atoms with Crippen molar-refractivity contribution in [3.63, 3.8) is 0 Å². The Hall–Kier alpha value is -4.04. The van der Waals surface area contributed by atoms with Gasteiger partial charge in [-0.3, -0.25) is 8.42 Å². The van der Waals surface area contributed by atoms with Gasteiger partial charge in [-0.2, -0.15) is 9.97 Å². The molecule has 2 N–H and O–H groups in total. The molecule has 9 nitrogen and oxygen atoms in total. The first-order chi connectivity index (χ1) is 24.2. The molecule has 2 aromatic heterocycles. The van der Waals surface area contributed by atoms with Gasteiger partial charge in [-0.1, -0.05) is 43.3 Å². The van der Waals surface area contributed by atoms with Crippen molar-refractivity contribution in [2.45, 2.75) is 48.8 Å². The van der Waals surface area contributed by atoms with Crippen LogP contribution < -0.4 is 15.5 Å². The fourth-order valence-electron chi connectivity index (χ4n) is 6.22. The van der Waals surface area contributed by atoms with E-state index in [2.05, 4.69) is 37.6 Å². The minimum Gasteiger partial charge on any atom is -0.341 e. The molecule has 3 aliphatic rings. The predicted octanol–water partition coefficient (Wildman–Crippen LogP) is 8.37. The molecule has 0 saturated carbocycles. The van der Waals surface area contributed by atoms with Crippen LogP contribution in [0.3, 0.4) is 0 Å². The van der Waals surface area contributed by atoms with E-state index in [9.17, 15) is 17.2 Å². The Balaban J connectivity index is 0.000000192. The Morgan fingerprint density at radius 1 is 0.706 bits per heavy atom. The zero-order valence-corrected chi connectivity index (χ0v) is 29.7. The molecule has 2 atom stereocenters. The summed E-state index contributed by atoms with van der Waals surface area (Å²) < 4.78 is 51.3. The second-order valence-electron chi connectivity index (χ2n) is 11.9. The van der Waals surface area contributed by atoms with Crippen LogP contribution in [0.1, 0.15) is 43.1 Å². The highest BCUT2D eigenvalue weighted by Crippen LogP contribution is 2.35. The molecular formula is C36H35Cl2F2N7O2S2. The number of hydrogen-bond acceptors (Lipinski definition) is 9. The van der Waals surface area contributed by atoms with E-state index < -0.39 is 21.6 Å². The standard InChI is InChI=1S/C23H22ClFN4OS.C12H9ClFN3OS.CH4/c24-17-6-4-15(5-7-17)16-8-11-29(12-9-16)23-27-20-10-13-31(30)21(20)22(28-23)26-19-3-1-2-18(25)14-19;13-12-16-9-4-5-19(18)10(9)11(17-12)15-8-3-1-2-7(14)6-8;/h1-7,14,16H,8-13H2,(H,26,27,28);1-3,6H,4-5H2,(H,15,16,17);1H4. The van der Waals surface area contributed by atoms with Crippen molar-refractivity contribution in [2.24, 2.45) is 0 Å². The van der Waals surface area contributed by atoms with Gasteiger partial charge >= 0.3 is 0 Å². The topological polar surface area (TPSA) is 113 Å². The van der Waals surface area contributed by atoms with E-state index in [0.29, 0.717) is 74.7 Å². The van der Waals surface area contributed by atoms with Gasteiger partial charge in [-0.25, -0.2) is 18.7 Å². The highest BCUT2D eigenvalue weighted by atomic mass is 35.5. The van der Waals surface area contributed by atoms with Gasteiger partial charge in [0.25, 0.3) is 0 Å². The summed E-state index contributed by atoms with van der Waals surface area (Å²) in [6.45, 7) is 1.68. The molecular weight excluding hydrogens is 735 g/mol. The van der Waals surface area contributed by atoms with Gasteiger partial charge in [0, 0.05) is 53.8 Å². The number of benzene rings is 3. The van der Waals surface area contributed by atoms with Gasteiger partial charge in [0.2, 0.25) is 11.2 Å². The summed E-state index contributed by atoms with van der Waals surface area (Å²) in [5.41, 5.74) is 3.93. The fourth-order valence-corrected chi connectivity index (χ4v) is 9.14. The molecule has 5 heterocycles. The Labute approximate surface area is 310 Å². The Morgan fingerprint density at radius 2 is 1.24 bits per heavy atom. The second kappa shape index (κ2) is 16.1. The second-order valence-corrected chi connectivity index (χ2v) is 15.7. The zero-order valence-electron chi connectivity index (χ0n) is 26.5. The quantitative estimate of drug-likeness (QED) is 0.165. The third kappa shape index (κ3) is 8.54. The number of nitrogens with one attached hydrogen (secondary N) is 2. The van der Waals surface area contributed by atoms with Gasteiger partial charge in [-0.05, 0) is 84.5 Å². The van der Waals surface area contributed by atoms with Crippen LogP contribution in [0.4, 0.5) is 37.7 Å². The highest BCUT2D eigenvalue weighted by Gasteiger charge is 2.29. The van der Waals surface area contributed by atoms with Crippen LogP contribution >= 0.6 is 23.2 Å². The molecule has 8 rings (SSSR count). The van der Waals surface area contributed by atoms with Gasteiger partial charge < -0.3 is 15.5 Å². The molecule has 0 spiro atoms. The largest absolute Gasteiger partial charge is 0.341 e. The van der Waals surface area contributed by atoms with Crippen LogP contribution in [0.25, 0.3) is 0 Å². The molecule has 2 unspecified atom stereocenters. The number of hydrogen-bond donors (Lipinski definition) is 2. The van der Waals surface area contributed by atoms with Crippen molar-refractivity contribution in [3.8, 4) is 0 Å². The van der Waals surface area contributed by atoms with Gasteiger partial charge in [0.15, 0.2) is 11.6 Å². The molecule has 3 aromatic carbocycles. The monoisotopic (exact) mass is 769 g/mol. The minimum atomic E-state index is -1.14. The van der Waals surface area contributed by atoms with Gasteiger partial charge in [-0.15, -0.1) is 0 Å². The lowest BCUT2D eigenvalue weighted by molar-refractivity contribution is 0.499. The van der Waals surface area contributed by atoms with E-state index in [1.54, 1.807) is 24.3 Å². The molecule has 1 saturated heterocycles. The average Bonchev–Trinajstić information content (AvgIpc) is 3.67. The molecule has 0 radical (unpaired) electrons. The van der Waals surface area contributed by atoms with Crippen molar-refractivity contribution >= 4 is 73.8 Å². The molecule has 5 aromatic rings. The SMILES string of the molecule is C.O=S1CCc2nc(Cl)nc(Nc3cccc(F)c3)c21.O=S1CCc2nc(N3CCC(c4ccc(Cl)cc4)CC3)nc(Nc3cccc(F)c3)c21. The van der Waals surface area contributed by atoms with E-state index in [1.165, 1.54) is 29.8 Å². The summed E-state index contributed by atoms with van der Waals surface area (Å²) in [5.74, 6) is 2.40. The first-order valence-corrected chi connectivity index (χ1v) is 19.4. The van der Waals surface area contributed by atoms with Crippen LogP contribution in [0.15, 0.2) is 82.6 Å². The van der Waals surface area contributed by atoms with E-state index >= 15 is 0 Å². The number of aromatic nitrogens is 4. The maximum absolute atomic E-state index is 13.6. The lowest BCUT2D eigenvalue weighted by Crippen LogP contribution is -2.34. The molecule has 0 bridgehead atoms. The molecule has 0 amide bonds. The lowest BCUT2D eigenvalue weighted by atomic mass is 9.89. The van der Waals surface area contributed by atoms with Crippen molar-refractivity contribution in [1.82, 2.24) is 19.9 Å². The maximum atomic E-state index is 13.6. The molecule has 1 fully saturated rings. The molecule has 0 aliphatic carbocycles. The molecule has 266 valence electrons. The first kappa shape index (κ1) is 36.7. The van der Waals surface area contributed by atoms with Gasteiger partial charge in [0.1, 0.15) is 21.4 Å². The Kier molecular flexibility index (Phi) is 11.6. The summed E-state index contributed by atoms with van der Waals surface area (Å²) in [5, 5.41) is 6.97. The van der Waals surface area contributed by atoms with Crippen molar-refractivity contribution in [2.75, 3.05) is 40.1 Å². The average molecular weight is 771 g/mol. The maximum Gasteiger partial charge on any atom is 0.227 e. The minimum absolute atomic E-state index is 0. The molecule has 3 aliphatic heterocycles.